The fourth-order valence-electron chi connectivity index (χ4n) is 3.14. The summed E-state index contributed by atoms with van der Waals surface area (Å²) in [6.45, 7) is 0. The number of esters is 1. The minimum absolute atomic E-state index is 0.250. The van der Waals surface area contributed by atoms with Crippen molar-refractivity contribution in [2.45, 2.75) is 0 Å². The molecule has 0 aliphatic heterocycles. The largest absolute Gasteiger partial charge is 0.493 e. The Hall–Kier alpha value is -3.77. The molecule has 1 heterocycles. The molecule has 6 nitrogen and oxygen atoms in total. The van der Waals surface area contributed by atoms with Crippen LogP contribution in [0.4, 0.5) is 0 Å². The minimum atomic E-state index is -0.564. The number of benzene rings is 3. The summed E-state index contributed by atoms with van der Waals surface area (Å²) >= 11 is 5.92. The zero-order chi connectivity index (χ0) is 22.0. The third kappa shape index (κ3) is 4.25. The molecule has 3 aromatic carbocycles. The maximum Gasteiger partial charge on any atom is 0.344 e. The lowest BCUT2D eigenvalue weighted by Gasteiger charge is -2.10. The predicted molar refractivity (Wildman–Crippen MR) is 117 cm³/mol. The summed E-state index contributed by atoms with van der Waals surface area (Å²) in [5.74, 6) is 0.746. The zero-order valence-electron chi connectivity index (χ0n) is 16.7. The number of carbonyl (C=O) groups is 1. The molecular weight excluding hydrogens is 420 g/mol. The Bertz CT molecular complexity index is 1340. The molecule has 4 aromatic rings. The van der Waals surface area contributed by atoms with Gasteiger partial charge in [-0.25, -0.2) is 9.59 Å². The number of ether oxygens (including phenoxy) is 3. The summed E-state index contributed by atoms with van der Waals surface area (Å²) in [4.78, 5) is 24.9. The number of halogens is 1. The zero-order valence-corrected chi connectivity index (χ0v) is 17.4. The maximum absolute atomic E-state index is 12.6. The van der Waals surface area contributed by atoms with Crippen LogP contribution in [-0.4, -0.2) is 20.2 Å². The second kappa shape index (κ2) is 8.53. The van der Waals surface area contributed by atoms with Crippen molar-refractivity contribution in [2.24, 2.45) is 0 Å². The number of carbonyl (C=O) groups excluding carboxylic acids is 1. The van der Waals surface area contributed by atoms with Crippen molar-refractivity contribution in [3.8, 4) is 28.4 Å². The van der Waals surface area contributed by atoms with Gasteiger partial charge in [0.25, 0.3) is 0 Å². The molecular formula is C24H17ClO6. The highest BCUT2D eigenvalue weighted by molar-refractivity contribution is 6.30. The molecule has 0 aliphatic rings. The number of hydrogen-bond acceptors (Lipinski definition) is 6. The molecule has 0 atom stereocenters. The van der Waals surface area contributed by atoms with Crippen LogP contribution in [0.25, 0.3) is 22.1 Å². The molecule has 0 unspecified atom stereocenters. The van der Waals surface area contributed by atoms with Crippen molar-refractivity contribution in [3.63, 3.8) is 0 Å². The average molecular weight is 437 g/mol. The van der Waals surface area contributed by atoms with Crippen LogP contribution in [0.1, 0.15) is 10.4 Å². The molecule has 0 amide bonds. The van der Waals surface area contributed by atoms with E-state index in [2.05, 4.69) is 0 Å². The van der Waals surface area contributed by atoms with Gasteiger partial charge in [0.15, 0.2) is 11.5 Å². The second-order valence-electron chi connectivity index (χ2n) is 6.62. The first-order chi connectivity index (χ1) is 15.0. The van der Waals surface area contributed by atoms with Crippen LogP contribution >= 0.6 is 11.6 Å². The van der Waals surface area contributed by atoms with Crippen LogP contribution in [-0.2, 0) is 0 Å². The van der Waals surface area contributed by atoms with E-state index in [1.165, 1.54) is 19.2 Å². The molecule has 7 heteroatoms. The second-order valence-corrected chi connectivity index (χ2v) is 7.05. The number of methoxy groups -OCH3 is 2. The minimum Gasteiger partial charge on any atom is -0.493 e. The van der Waals surface area contributed by atoms with Crippen molar-refractivity contribution in [1.29, 1.82) is 0 Å². The normalized spacial score (nSPS) is 10.7. The third-order valence-electron chi connectivity index (χ3n) is 4.67. The molecule has 0 spiro atoms. The van der Waals surface area contributed by atoms with Crippen LogP contribution in [0.2, 0.25) is 5.02 Å². The van der Waals surface area contributed by atoms with Crippen molar-refractivity contribution in [3.05, 3.63) is 87.7 Å². The first-order valence-corrected chi connectivity index (χ1v) is 9.64. The van der Waals surface area contributed by atoms with E-state index in [0.717, 1.165) is 0 Å². The van der Waals surface area contributed by atoms with E-state index < -0.39 is 11.6 Å². The van der Waals surface area contributed by atoms with Gasteiger partial charge in [0, 0.05) is 16.5 Å². The molecule has 0 aliphatic carbocycles. The monoisotopic (exact) mass is 436 g/mol. The average Bonchev–Trinajstić information content (AvgIpc) is 2.78. The van der Waals surface area contributed by atoms with Gasteiger partial charge in [-0.1, -0.05) is 23.7 Å². The Labute approximate surface area is 182 Å². The van der Waals surface area contributed by atoms with Crippen molar-refractivity contribution < 1.29 is 23.4 Å². The topological polar surface area (TPSA) is 75.0 Å². The molecule has 0 saturated carbocycles. The lowest BCUT2D eigenvalue weighted by atomic mass is 10.1. The Kier molecular flexibility index (Phi) is 5.64. The molecule has 31 heavy (non-hydrogen) atoms. The molecule has 0 N–H and O–H groups in total. The Morgan fingerprint density at radius 1 is 0.903 bits per heavy atom. The third-order valence-corrected chi connectivity index (χ3v) is 4.91. The van der Waals surface area contributed by atoms with Crippen LogP contribution in [0.3, 0.4) is 0 Å². The lowest BCUT2D eigenvalue weighted by Crippen LogP contribution is -2.08. The van der Waals surface area contributed by atoms with E-state index in [0.29, 0.717) is 44.2 Å². The first kappa shape index (κ1) is 20.5. The molecule has 0 radical (unpaired) electrons. The summed E-state index contributed by atoms with van der Waals surface area (Å²) in [7, 11) is 3.06. The first-order valence-electron chi connectivity index (χ1n) is 9.26. The SMILES string of the molecule is COc1ccc(-c2cc3ccc(OC(=O)c4cccc(Cl)c4)cc3oc2=O)cc1OC. The fourth-order valence-corrected chi connectivity index (χ4v) is 3.33. The van der Waals surface area contributed by atoms with Gasteiger partial charge in [0.1, 0.15) is 11.3 Å². The van der Waals surface area contributed by atoms with Gasteiger partial charge < -0.3 is 18.6 Å². The van der Waals surface area contributed by atoms with E-state index in [9.17, 15) is 9.59 Å². The number of fused-ring (bicyclic) bond motifs is 1. The van der Waals surface area contributed by atoms with Crippen molar-refractivity contribution >= 4 is 28.5 Å². The summed E-state index contributed by atoms with van der Waals surface area (Å²) in [6.07, 6.45) is 0. The smallest absolute Gasteiger partial charge is 0.344 e. The van der Waals surface area contributed by atoms with E-state index in [4.69, 9.17) is 30.2 Å². The number of rotatable bonds is 5. The Morgan fingerprint density at radius 2 is 1.71 bits per heavy atom. The van der Waals surface area contributed by atoms with Gasteiger partial charge >= 0.3 is 11.6 Å². The van der Waals surface area contributed by atoms with Gasteiger partial charge in [-0.15, -0.1) is 0 Å². The van der Waals surface area contributed by atoms with E-state index in [1.54, 1.807) is 61.7 Å². The molecule has 156 valence electrons. The molecule has 0 saturated heterocycles. The van der Waals surface area contributed by atoms with Crippen LogP contribution < -0.4 is 19.8 Å². The van der Waals surface area contributed by atoms with Crippen LogP contribution in [0.15, 0.2) is 75.9 Å². The summed E-state index contributed by atoms with van der Waals surface area (Å²) < 4.78 is 21.4. The van der Waals surface area contributed by atoms with E-state index in [1.807, 2.05) is 0 Å². The lowest BCUT2D eigenvalue weighted by molar-refractivity contribution is 0.0735. The fraction of sp³-hybridized carbons (Fsp3) is 0.0833. The van der Waals surface area contributed by atoms with Crippen LogP contribution in [0, 0.1) is 0 Å². The summed E-state index contributed by atoms with van der Waals surface area (Å²) in [6, 6.07) is 18.2. The Balaban J connectivity index is 1.67. The van der Waals surface area contributed by atoms with Crippen molar-refractivity contribution in [1.82, 2.24) is 0 Å². The van der Waals surface area contributed by atoms with Gasteiger partial charge in [0.05, 0.1) is 25.3 Å². The van der Waals surface area contributed by atoms with Gasteiger partial charge in [-0.3, -0.25) is 0 Å². The molecule has 1 aromatic heterocycles. The highest BCUT2D eigenvalue weighted by Crippen LogP contribution is 2.32. The van der Waals surface area contributed by atoms with Crippen LogP contribution in [0.5, 0.6) is 17.2 Å². The maximum atomic E-state index is 12.6. The summed E-state index contributed by atoms with van der Waals surface area (Å²) in [5, 5.41) is 1.11. The quantitative estimate of drug-likeness (QED) is 0.238. The van der Waals surface area contributed by atoms with Gasteiger partial charge in [-0.2, -0.15) is 0 Å². The highest BCUT2D eigenvalue weighted by atomic mass is 35.5. The van der Waals surface area contributed by atoms with Gasteiger partial charge in [-0.05, 0) is 54.1 Å². The molecule has 4 rings (SSSR count). The predicted octanol–water partition coefficient (Wildman–Crippen LogP) is 5.35. The number of hydrogen-bond donors (Lipinski definition) is 0. The summed E-state index contributed by atoms with van der Waals surface area (Å²) in [5.41, 5.74) is 1.09. The standard InChI is InChI=1S/C24H17ClO6/c1-28-20-9-7-14(12-22(20)29-2)19-11-15-6-8-18(13-21(15)31-24(19)27)30-23(26)16-4-3-5-17(25)10-16/h3-13H,1-2H3. The highest BCUT2D eigenvalue weighted by Gasteiger charge is 2.14. The van der Waals surface area contributed by atoms with Crippen molar-refractivity contribution in [2.75, 3.05) is 14.2 Å². The van der Waals surface area contributed by atoms with E-state index >= 15 is 0 Å². The van der Waals surface area contributed by atoms with Gasteiger partial charge in [0.2, 0.25) is 0 Å². The molecule has 0 fully saturated rings. The van der Waals surface area contributed by atoms with E-state index in [-0.39, 0.29) is 5.75 Å². The Morgan fingerprint density at radius 3 is 2.45 bits per heavy atom. The molecule has 0 bridgehead atoms.